The molecule has 14 heteroatoms. The summed E-state index contributed by atoms with van der Waals surface area (Å²) in [5.74, 6) is 0.776. The minimum absolute atomic E-state index is 0.0230. The lowest BCUT2D eigenvalue weighted by molar-refractivity contribution is -0.117. The molecule has 1 aliphatic carbocycles. The number of aliphatic hydroxyl groups excluding tert-OH is 1. The van der Waals surface area contributed by atoms with Crippen LogP contribution in [-0.4, -0.2) is 80.5 Å². The van der Waals surface area contributed by atoms with Gasteiger partial charge in [-0.2, -0.15) is 0 Å². The van der Waals surface area contributed by atoms with Crippen LogP contribution in [0.15, 0.2) is 54.6 Å². The Morgan fingerprint density at radius 1 is 0.745 bits per heavy atom. The lowest BCUT2D eigenvalue weighted by Gasteiger charge is -2.41. The number of amides is 1. The fourth-order valence-corrected chi connectivity index (χ4v) is 7.87. The van der Waals surface area contributed by atoms with Crippen molar-refractivity contribution < 1.29 is 61.7 Å². The molecule has 2 N–H and O–H groups in total. The highest BCUT2D eigenvalue weighted by Gasteiger charge is 2.52. The first kappa shape index (κ1) is 37.5. The second-order valence-corrected chi connectivity index (χ2v) is 13.1. The summed E-state index contributed by atoms with van der Waals surface area (Å²) in [5.41, 5.74) is 3.22. The van der Waals surface area contributed by atoms with Gasteiger partial charge in [-0.25, -0.2) is 4.39 Å². The Morgan fingerprint density at radius 2 is 1.31 bits per heavy atom. The molecule has 0 aromatic heterocycles. The van der Waals surface area contributed by atoms with Gasteiger partial charge in [0, 0.05) is 23.3 Å². The number of fused-ring (bicyclic) bond motifs is 3. The number of ether oxygens (including phenoxy) is 10. The molecule has 13 nitrogen and oxygen atoms in total. The van der Waals surface area contributed by atoms with E-state index < -0.39 is 41.8 Å². The fraction of sp³-hybridized carbons (Fsp3) is 0.341. The zero-order valence-corrected chi connectivity index (χ0v) is 31.4. The molecule has 1 saturated heterocycles. The first-order chi connectivity index (χ1) is 26.7. The molecule has 1 fully saturated rings. The highest BCUT2D eigenvalue weighted by atomic mass is 19.1. The van der Waals surface area contributed by atoms with E-state index in [1.165, 1.54) is 61.9 Å². The van der Waals surface area contributed by atoms with Crippen LogP contribution in [-0.2, 0) is 9.53 Å². The molecule has 3 aliphatic rings. The van der Waals surface area contributed by atoms with Gasteiger partial charge >= 0.3 is 0 Å². The molecule has 4 aromatic carbocycles. The third-order valence-electron chi connectivity index (χ3n) is 10.4. The highest BCUT2D eigenvalue weighted by molar-refractivity contribution is 6.24. The standard InChI is InChI=1S/C41H42FNO12/c1-46-28-9-8-20(11-27(28)42)10-23(21-12-31(47-2)38(51-6)32(13-21)48-3)40(44)43-37-25-17-30-29(54-19-55-30)16-24(25)35(36-26(37)18-53-41(36)45)22-14-33(49-4)39(52-7)34(15-22)50-5/h8-17,26,35-37,41,45H,18-19H2,1-7H3,(H,43,44). The van der Waals surface area contributed by atoms with Crippen molar-refractivity contribution in [3.63, 3.8) is 0 Å². The molecule has 7 rings (SSSR count). The van der Waals surface area contributed by atoms with Crippen LogP contribution >= 0.6 is 0 Å². The molecule has 0 bridgehead atoms. The van der Waals surface area contributed by atoms with Crippen LogP contribution in [0, 0.1) is 17.7 Å². The van der Waals surface area contributed by atoms with Gasteiger partial charge in [0.25, 0.3) is 5.91 Å². The summed E-state index contributed by atoms with van der Waals surface area (Å²) in [4.78, 5) is 14.9. The third kappa shape index (κ3) is 6.65. The van der Waals surface area contributed by atoms with E-state index in [1.54, 1.807) is 24.3 Å². The zero-order valence-electron chi connectivity index (χ0n) is 31.4. The Balaban J connectivity index is 1.38. The maximum Gasteiger partial charge on any atom is 0.252 e. The summed E-state index contributed by atoms with van der Waals surface area (Å²) >= 11 is 0. The summed E-state index contributed by atoms with van der Waals surface area (Å²) < 4.78 is 71.5. The van der Waals surface area contributed by atoms with Gasteiger partial charge in [-0.1, -0.05) is 6.07 Å². The molecule has 0 saturated carbocycles. The normalized spacial score (nSPS) is 20.9. The Bertz CT molecular complexity index is 2090. The van der Waals surface area contributed by atoms with Crippen molar-refractivity contribution in [3.8, 4) is 51.7 Å². The smallest absolute Gasteiger partial charge is 0.252 e. The van der Waals surface area contributed by atoms with Crippen LogP contribution in [0.2, 0.25) is 0 Å². The minimum atomic E-state index is -1.19. The molecule has 4 aromatic rings. The number of hydrogen-bond donors (Lipinski definition) is 2. The molecule has 290 valence electrons. The van der Waals surface area contributed by atoms with Crippen LogP contribution in [0.25, 0.3) is 11.6 Å². The van der Waals surface area contributed by atoms with E-state index >= 15 is 0 Å². The second kappa shape index (κ2) is 15.5. The molecule has 55 heavy (non-hydrogen) atoms. The molecule has 0 spiro atoms. The molecular weight excluding hydrogens is 717 g/mol. The number of methoxy groups -OCH3 is 7. The van der Waals surface area contributed by atoms with E-state index in [-0.39, 0.29) is 24.7 Å². The second-order valence-electron chi connectivity index (χ2n) is 13.1. The van der Waals surface area contributed by atoms with Gasteiger partial charge in [-0.3, -0.25) is 4.79 Å². The maximum atomic E-state index is 15.0. The van der Waals surface area contributed by atoms with E-state index in [2.05, 4.69) is 5.32 Å². The van der Waals surface area contributed by atoms with Crippen molar-refractivity contribution in [2.75, 3.05) is 63.2 Å². The summed E-state index contributed by atoms with van der Waals surface area (Å²) in [7, 11) is 10.4. The van der Waals surface area contributed by atoms with E-state index in [4.69, 9.17) is 47.4 Å². The predicted molar refractivity (Wildman–Crippen MR) is 197 cm³/mol. The molecule has 2 heterocycles. The molecule has 0 radical (unpaired) electrons. The molecule has 1 amide bonds. The molecule has 5 unspecified atom stereocenters. The van der Waals surface area contributed by atoms with Gasteiger partial charge in [0.2, 0.25) is 18.3 Å². The van der Waals surface area contributed by atoms with Crippen molar-refractivity contribution in [1.29, 1.82) is 0 Å². The largest absolute Gasteiger partial charge is 0.494 e. The van der Waals surface area contributed by atoms with Gasteiger partial charge in [0.1, 0.15) is 0 Å². The van der Waals surface area contributed by atoms with E-state index in [9.17, 15) is 14.3 Å². The monoisotopic (exact) mass is 759 g/mol. The zero-order chi connectivity index (χ0) is 39.0. The SMILES string of the molecule is COc1ccc(C=C(C(=O)NC2c3cc4c(cc3C(c3cc(OC)c(OC)c(OC)c3)C3C(O)OCC23)OCO4)c2cc(OC)c(OC)c(OC)c2)cc1F. The van der Waals surface area contributed by atoms with Crippen LogP contribution in [0.3, 0.4) is 0 Å². The van der Waals surface area contributed by atoms with E-state index in [1.807, 2.05) is 24.3 Å². The Hall–Kier alpha value is -5.86. The summed E-state index contributed by atoms with van der Waals surface area (Å²) in [6, 6.07) is 14.4. The maximum absolute atomic E-state index is 15.0. The number of hydrogen-bond acceptors (Lipinski definition) is 12. The van der Waals surface area contributed by atoms with Crippen molar-refractivity contribution in [2.45, 2.75) is 18.2 Å². The topological polar surface area (TPSA) is 142 Å². The average Bonchev–Trinajstić information content (AvgIpc) is 3.83. The van der Waals surface area contributed by atoms with Crippen molar-refractivity contribution in [2.24, 2.45) is 11.8 Å². The summed E-state index contributed by atoms with van der Waals surface area (Å²) in [6.45, 7) is 0.146. The van der Waals surface area contributed by atoms with Gasteiger partial charge in [0.05, 0.1) is 62.4 Å². The molecule has 2 aliphatic heterocycles. The van der Waals surface area contributed by atoms with Crippen LogP contribution < -0.4 is 47.9 Å². The van der Waals surface area contributed by atoms with Crippen molar-refractivity contribution >= 4 is 17.6 Å². The Morgan fingerprint density at radius 3 is 1.85 bits per heavy atom. The number of benzene rings is 4. The number of carbonyl (C=O) groups excluding carboxylic acids is 1. The predicted octanol–water partition coefficient (Wildman–Crippen LogP) is 5.74. The quantitative estimate of drug-likeness (QED) is 0.134. The summed E-state index contributed by atoms with van der Waals surface area (Å²) in [6.07, 6.45) is 0.373. The number of aliphatic hydroxyl groups is 1. The Labute approximate surface area is 317 Å². The molecular formula is C41H42FNO12. The van der Waals surface area contributed by atoms with Crippen molar-refractivity contribution in [3.05, 3.63) is 88.2 Å². The average molecular weight is 760 g/mol. The van der Waals surface area contributed by atoms with E-state index in [0.29, 0.717) is 57.1 Å². The lowest BCUT2D eigenvalue weighted by Crippen LogP contribution is -2.43. The van der Waals surface area contributed by atoms with E-state index in [0.717, 1.165) is 16.7 Å². The lowest BCUT2D eigenvalue weighted by atomic mass is 9.65. The number of rotatable bonds is 12. The first-order valence-corrected chi connectivity index (χ1v) is 17.4. The molecule has 5 atom stereocenters. The van der Waals surface area contributed by atoms with Crippen LogP contribution in [0.5, 0.6) is 51.7 Å². The van der Waals surface area contributed by atoms with Gasteiger partial charge in [0.15, 0.2) is 52.4 Å². The van der Waals surface area contributed by atoms with Crippen LogP contribution in [0.4, 0.5) is 4.39 Å². The number of nitrogens with one attached hydrogen (secondary N) is 1. The van der Waals surface area contributed by atoms with Gasteiger partial charge < -0.3 is 57.8 Å². The summed E-state index contributed by atoms with van der Waals surface area (Å²) in [5, 5.41) is 14.8. The number of halogens is 1. The minimum Gasteiger partial charge on any atom is -0.494 e. The van der Waals surface area contributed by atoms with Gasteiger partial charge in [-0.05, 0) is 82.4 Å². The van der Waals surface area contributed by atoms with Crippen LogP contribution in [0.1, 0.15) is 39.8 Å². The highest BCUT2D eigenvalue weighted by Crippen LogP contribution is 2.56. The Kier molecular flexibility index (Phi) is 10.5. The first-order valence-electron chi connectivity index (χ1n) is 17.4. The van der Waals surface area contributed by atoms with Gasteiger partial charge in [-0.15, -0.1) is 0 Å². The van der Waals surface area contributed by atoms with Crippen molar-refractivity contribution in [1.82, 2.24) is 5.32 Å². The number of carbonyl (C=O) groups is 1. The fourth-order valence-electron chi connectivity index (χ4n) is 7.87. The third-order valence-corrected chi connectivity index (χ3v) is 10.4.